The summed E-state index contributed by atoms with van der Waals surface area (Å²) < 4.78 is 0. The predicted octanol–water partition coefficient (Wildman–Crippen LogP) is 1.95. The van der Waals surface area contributed by atoms with Crippen LogP contribution in [-0.2, 0) is 12.8 Å². The van der Waals surface area contributed by atoms with Crippen LogP contribution >= 0.6 is 0 Å². The molecule has 0 radical (unpaired) electrons. The summed E-state index contributed by atoms with van der Waals surface area (Å²) in [5.74, 6) is 0.283. The zero-order valence-corrected chi connectivity index (χ0v) is 22.7. The van der Waals surface area contributed by atoms with Crippen molar-refractivity contribution >= 4 is 0 Å². The average Bonchev–Trinajstić information content (AvgIpc) is 2.83. The summed E-state index contributed by atoms with van der Waals surface area (Å²) in [6, 6.07) is 19.0. The molecule has 0 fully saturated rings. The zero-order valence-electron chi connectivity index (χ0n) is 21.7. The molecule has 0 bridgehead atoms. The molecule has 0 spiro atoms. The fourth-order valence-electron chi connectivity index (χ4n) is 3.97. The Kier molecular flexibility index (Phi) is 14.2. The van der Waals surface area contributed by atoms with Crippen LogP contribution in [0.4, 0.5) is 0 Å². The van der Waals surface area contributed by atoms with Gasteiger partial charge < -0.3 is 1.43 Å². The Labute approximate surface area is 225 Å². The van der Waals surface area contributed by atoms with E-state index >= 15 is 0 Å². The van der Waals surface area contributed by atoms with Crippen molar-refractivity contribution in [1.29, 1.82) is 0 Å². The number of nitroso groups, excluding NO2 is 3. The van der Waals surface area contributed by atoms with E-state index in [2.05, 4.69) is 15.9 Å². The van der Waals surface area contributed by atoms with Gasteiger partial charge in [-0.05, 0) is 36.3 Å². The first-order valence-electron chi connectivity index (χ1n) is 11.3. The average molecular weight is 479 g/mol. The molecule has 0 aromatic heterocycles. The van der Waals surface area contributed by atoms with Crippen molar-refractivity contribution in [2.24, 2.45) is 21.8 Å². The quantitative estimate of drug-likeness (QED) is 0.208. The number of hydrogen-bond donors (Lipinski definition) is 0. The summed E-state index contributed by atoms with van der Waals surface area (Å²) in [4.78, 5) is 34.7. The fourth-order valence-corrected chi connectivity index (χ4v) is 3.97. The monoisotopic (exact) mass is 478 g/mol. The number of likely N-dealkylation sites (N-methyl/N-ethyl adjacent to an activating group) is 1. The van der Waals surface area contributed by atoms with Gasteiger partial charge in [0.05, 0.1) is 41.0 Å². The molecule has 2 aromatic carbocycles. The molecular weight excluding hydrogens is 443 g/mol. The van der Waals surface area contributed by atoms with Gasteiger partial charge in [0.25, 0.3) is 0 Å². The van der Waals surface area contributed by atoms with E-state index in [4.69, 9.17) is 0 Å². The van der Waals surface area contributed by atoms with Gasteiger partial charge in [0.2, 0.25) is 0 Å². The Balaban J connectivity index is 0.00000578. The maximum atomic E-state index is 11.9. The summed E-state index contributed by atoms with van der Waals surface area (Å²) >= 11 is 0. The molecule has 10 heteroatoms. The normalized spacial score (nSPS) is 12.2. The maximum Gasteiger partial charge on any atom is 1.00 e. The van der Waals surface area contributed by atoms with Gasteiger partial charge in [0.15, 0.2) is 0 Å². The van der Waals surface area contributed by atoms with E-state index in [0.29, 0.717) is 25.8 Å². The molecule has 2 aromatic rings. The van der Waals surface area contributed by atoms with Crippen LogP contribution in [0.1, 0.15) is 32.8 Å². The van der Waals surface area contributed by atoms with Crippen molar-refractivity contribution in [2.75, 3.05) is 26.7 Å². The Morgan fingerprint density at radius 3 is 1.82 bits per heavy atom. The van der Waals surface area contributed by atoms with Crippen molar-refractivity contribution < 1.29 is 31.0 Å². The van der Waals surface area contributed by atoms with Gasteiger partial charge in [0.1, 0.15) is 0 Å². The summed E-state index contributed by atoms with van der Waals surface area (Å²) in [6.07, 6.45) is 1.84. The molecule has 0 aliphatic rings. The van der Waals surface area contributed by atoms with Crippen molar-refractivity contribution in [3.05, 3.63) is 86.5 Å². The molecule has 180 valence electrons. The number of rotatable bonds is 16. The smallest absolute Gasteiger partial charge is 1.00 e. The SMILES string of the molecule is CC(C)C[C@@H](CN(C)N=O)N(C[C@H](Cc1ccccc1)N(CCc1ccccc1)N=O)N=O.[H-].[Na+]. The van der Waals surface area contributed by atoms with Crippen molar-refractivity contribution in [3.63, 3.8) is 0 Å². The summed E-state index contributed by atoms with van der Waals surface area (Å²) in [5, 5.41) is 13.8. The van der Waals surface area contributed by atoms with Crippen LogP contribution in [-0.4, -0.2) is 53.8 Å². The second-order valence-electron chi connectivity index (χ2n) is 8.73. The first-order valence-corrected chi connectivity index (χ1v) is 11.3. The molecule has 0 aliphatic carbocycles. The van der Waals surface area contributed by atoms with Crippen LogP contribution in [0.5, 0.6) is 0 Å². The van der Waals surface area contributed by atoms with Crippen LogP contribution in [0.25, 0.3) is 0 Å². The van der Waals surface area contributed by atoms with Gasteiger partial charge in [-0.2, -0.15) is 0 Å². The minimum Gasteiger partial charge on any atom is -1.00 e. The van der Waals surface area contributed by atoms with E-state index in [-0.39, 0.29) is 62.1 Å². The van der Waals surface area contributed by atoms with Gasteiger partial charge in [-0.3, -0.25) is 15.0 Å². The van der Waals surface area contributed by atoms with E-state index in [0.717, 1.165) is 11.1 Å². The zero-order chi connectivity index (χ0) is 24.1. The third kappa shape index (κ3) is 10.3. The second kappa shape index (κ2) is 16.3. The molecule has 9 nitrogen and oxygen atoms in total. The van der Waals surface area contributed by atoms with E-state index in [1.54, 1.807) is 7.05 Å². The number of benzene rings is 2. The molecule has 0 aliphatic heterocycles. The van der Waals surface area contributed by atoms with Crippen LogP contribution in [0.2, 0.25) is 0 Å². The second-order valence-corrected chi connectivity index (χ2v) is 8.73. The van der Waals surface area contributed by atoms with Gasteiger partial charge in [-0.15, -0.1) is 14.7 Å². The van der Waals surface area contributed by atoms with Crippen molar-refractivity contribution in [1.82, 2.24) is 15.0 Å². The first kappa shape index (κ1) is 29.7. The molecule has 2 rings (SSSR count). The van der Waals surface area contributed by atoms with E-state index in [1.165, 1.54) is 15.0 Å². The number of hydrogen-bond acceptors (Lipinski definition) is 6. The summed E-state index contributed by atoms with van der Waals surface area (Å²) in [5.41, 5.74) is 2.14. The van der Waals surface area contributed by atoms with E-state index in [9.17, 15) is 14.7 Å². The molecular formula is C24H35N6NaO3. The predicted molar refractivity (Wildman–Crippen MR) is 132 cm³/mol. The summed E-state index contributed by atoms with van der Waals surface area (Å²) in [6.45, 7) is 4.99. The van der Waals surface area contributed by atoms with E-state index < -0.39 is 0 Å². The van der Waals surface area contributed by atoms with Crippen LogP contribution < -0.4 is 29.6 Å². The third-order valence-corrected chi connectivity index (χ3v) is 5.59. The molecule has 0 unspecified atom stereocenters. The molecule has 34 heavy (non-hydrogen) atoms. The molecule has 0 saturated carbocycles. The minimum atomic E-state index is -0.365. The van der Waals surface area contributed by atoms with Crippen molar-refractivity contribution in [3.8, 4) is 0 Å². The topological polar surface area (TPSA) is 98.0 Å². The minimum absolute atomic E-state index is 0. The Bertz CT molecular complexity index is 850. The third-order valence-electron chi connectivity index (χ3n) is 5.59. The summed E-state index contributed by atoms with van der Waals surface area (Å²) in [7, 11) is 1.57. The Hall–Kier alpha value is -2.36. The van der Waals surface area contributed by atoms with E-state index in [1.807, 2.05) is 74.5 Å². The first-order chi connectivity index (χ1) is 16.0. The van der Waals surface area contributed by atoms with Gasteiger partial charge in [0, 0.05) is 13.6 Å². The molecule has 0 N–H and O–H groups in total. The maximum absolute atomic E-state index is 11.9. The Morgan fingerprint density at radius 2 is 1.32 bits per heavy atom. The van der Waals surface area contributed by atoms with Gasteiger partial charge in [-0.25, -0.2) is 0 Å². The van der Waals surface area contributed by atoms with Crippen molar-refractivity contribution in [2.45, 2.75) is 45.2 Å². The van der Waals surface area contributed by atoms with Crippen LogP contribution in [0, 0.1) is 20.6 Å². The van der Waals surface area contributed by atoms with Crippen LogP contribution in [0.3, 0.4) is 0 Å². The Morgan fingerprint density at radius 1 is 0.765 bits per heavy atom. The van der Waals surface area contributed by atoms with Gasteiger partial charge in [-0.1, -0.05) is 74.5 Å². The molecule has 0 amide bonds. The van der Waals surface area contributed by atoms with Gasteiger partial charge >= 0.3 is 29.6 Å². The fraction of sp³-hybridized carbons (Fsp3) is 0.500. The number of nitrogens with zero attached hydrogens (tertiary/aromatic N) is 6. The molecule has 0 heterocycles. The largest absolute Gasteiger partial charge is 1.00 e. The standard InChI is InChI=1S/C24H34N6O3.Na.H/c1-20(2)16-23(18-28(3)25-31)30(27-33)19-24(17-22-12-8-5-9-13-22)29(26-32)15-14-21-10-6-4-7-11-21;;/h4-13,20,23-24H,14-19H2,1-3H3;;/q;+1;-1/t23-,24-;;/m0../s1. The molecule has 2 atom stereocenters. The molecule has 0 saturated heterocycles. The van der Waals surface area contributed by atoms with Crippen LogP contribution in [0.15, 0.2) is 76.5 Å².